The summed E-state index contributed by atoms with van der Waals surface area (Å²) in [5.41, 5.74) is 0.462. The second-order valence-corrected chi connectivity index (χ2v) is 10.7. The van der Waals surface area contributed by atoms with Crippen molar-refractivity contribution in [3.8, 4) is 11.5 Å². The van der Waals surface area contributed by atoms with Crippen molar-refractivity contribution in [1.29, 1.82) is 0 Å². The van der Waals surface area contributed by atoms with E-state index in [1.54, 1.807) is 26.0 Å². The summed E-state index contributed by atoms with van der Waals surface area (Å²) in [7, 11) is 1.33. The zero-order valence-corrected chi connectivity index (χ0v) is 26.5. The number of rotatable bonds is 14. The van der Waals surface area contributed by atoms with Crippen LogP contribution in [0.1, 0.15) is 50.2 Å². The van der Waals surface area contributed by atoms with Crippen molar-refractivity contribution in [3.63, 3.8) is 0 Å². The number of ether oxygens (including phenoxy) is 7. The molecule has 1 amide bonds. The minimum Gasteiger partial charge on any atom is -0.493 e. The molecule has 1 aromatic heterocycles. The third kappa shape index (κ3) is 10.2. The van der Waals surface area contributed by atoms with Crippen LogP contribution < -0.4 is 14.8 Å². The first-order valence-electron chi connectivity index (χ1n) is 14.9. The van der Waals surface area contributed by atoms with Gasteiger partial charge in [0.2, 0.25) is 6.79 Å². The number of carbonyl (C=O) groups is 5. The van der Waals surface area contributed by atoms with Crippen molar-refractivity contribution in [3.05, 3.63) is 53.9 Å². The molecule has 1 fully saturated rings. The number of cyclic esters (lactones) is 2. The fourth-order valence-electron chi connectivity index (χ4n) is 4.37. The minimum atomic E-state index is -1.47. The van der Waals surface area contributed by atoms with Crippen molar-refractivity contribution in [2.24, 2.45) is 11.8 Å². The molecular weight excluding hydrogens is 604 g/mol. The maximum Gasteiger partial charge on any atom is 0.334 e. The van der Waals surface area contributed by atoms with Gasteiger partial charge in [-0.1, -0.05) is 51.1 Å². The lowest BCUT2D eigenvalue weighted by Gasteiger charge is -2.29. The van der Waals surface area contributed by atoms with Crippen LogP contribution in [0.5, 0.6) is 11.5 Å². The zero-order chi connectivity index (χ0) is 33.6. The Morgan fingerprint density at radius 2 is 1.83 bits per heavy atom. The first kappa shape index (κ1) is 35.8. The van der Waals surface area contributed by atoms with E-state index in [0.29, 0.717) is 6.61 Å². The number of pyridine rings is 1. The van der Waals surface area contributed by atoms with Gasteiger partial charge in [0.15, 0.2) is 29.3 Å². The molecule has 0 radical (unpaired) electrons. The first-order chi connectivity index (χ1) is 22.0. The maximum atomic E-state index is 13.4. The first-order valence-corrected chi connectivity index (χ1v) is 14.9. The highest BCUT2D eigenvalue weighted by Crippen LogP contribution is 2.30. The van der Waals surface area contributed by atoms with Crippen molar-refractivity contribution >= 4 is 29.8 Å². The summed E-state index contributed by atoms with van der Waals surface area (Å²) in [5.74, 6) is -5.47. The molecule has 14 heteroatoms. The molecule has 2 aromatic rings. The number of hydrogen-bond donors (Lipinski definition) is 1. The van der Waals surface area contributed by atoms with E-state index in [4.69, 9.17) is 33.2 Å². The second-order valence-electron chi connectivity index (χ2n) is 10.7. The summed E-state index contributed by atoms with van der Waals surface area (Å²) in [6, 6.07) is 8.99. The van der Waals surface area contributed by atoms with E-state index in [1.165, 1.54) is 26.3 Å². The van der Waals surface area contributed by atoms with Crippen molar-refractivity contribution in [2.45, 2.75) is 58.8 Å². The van der Waals surface area contributed by atoms with E-state index in [1.807, 2.05) is 25.1 Å². The van der Waals surface area contributed by atoms with E-state index in [0.717, 1.165) is 12.0 Å². The Labute approximate surface area is 267 Å². The highest BCUT2D eigenvalue weighted by Gasteiger charge is 2.42. The number of aromatic nitrogens is 1. The normalized spacial score (nSPS) is 19.9. The number of methoxy groups -OCH3 is 1. The van der Waals surface area contributed by atoms with Gasteiger partial charge in [-0.05, 0) is 25.3 Å². The number of nitrogens with one attached hydrogen (secondary N) is 1. The predicted octanol–water partition coefficient (Wildman–Crippen LogP) is 2.41. The third-order valence-corrected chi connectivity index (χ3v) is 6.76. The summed E-state index contributed by atoms with van der Waals surface area (Å²) < 4.78 is 37.7. The van der Waals surface area contributed by atoms with Gasteiger partial charge in [0.1, 0.15) is 25.2 Å². The fourth-order valence-corrected chi connectivity index (χ4v) is 4.37. The molecule has 1 aliphatic rings. The molecule has 0 spiro atoms. The number of esters is 4. The van der Waals surface area contributed by atoms with Gasteiger partial charge in [-0.15, -0.1) is 0 Å². The summed E-state index contributed by atoms with van der Waals surface area (Å²) >= 11 is 0. The molecule has 0 bridgehead atoms. The molecule has 2 heterocycles. The second kappa shape index (κ2) is 17.7. The van der Waals surface area contributed by atoms with E-state index in [9.17, 15) is 24.0 Å². The Kier molecular flexibility index (Phi) is 13.7. The summed E-state index contributed by atoms with van der Waals surface area (Å²) in [6.07, 6.45) is -0.119. The third-order valence-electron chi connectivity index (χ3n) is 6.76. The van der Waals surface area contributed by atoms with Crippen LogP contribution in [0, 0.1) is 11.8 Å². The zero-order valence-electron chi connectivity index (χ0n) is 26.5. The average Bonchev–Trinajstić information content (AvgIpc) is 3.07. The quantitative estimate of drug-likeness (QED) is 0.138. The molecule has 3 rings (SSSR count). The van der Waals surface area contributed by atoms with Crippen LogP contribution in [0.15, 0.2) is 42.6 Å². The molecule has 1 aromatic carbocycles. The Balaban J connectivity index is 1.80. The van der Waals surface area contributed by atoms with E-state index in [-0.39, 0.29) is 30.2 Å². The van der Waals surface area contributed by atoms with Crippen LogP contribution in [0.4, 0.5) is 0 Å². The number of carbonyl (C=O) groups excluding carboxylic acids is 5. The largest absolute Gasteiger partial charge is 0.493 e. The molecule has 1 saturated heterocycles. The fraction of sp³-hybridized carbons (Fsp3) is 0.500. The van der Waals surface area contributed by atoms with Gasteiger partial charge in [0.05, 0.1) is 13.0 Å². The van der Waals surface area contributed by atoms with Gasteiger partial charge < -0.3 is 38.5 Å². The van der Waals surface area contributed by atoms with E-state index < -0.39 is 73.3 Å². The van der Waals surface area contributed by atoms with Gasteiger partial charge in [-0.2, -0.15) is 0 Å². The van der Waals surface area contributed by atoms with Gasteiger partial charge >= 0.3 is 23.9 Å². The number of nitrogens with zero attached hydrogens (tertiary/aromatic N) is 1. The molecule has 0 unspecified atom stereocenters. The van der Waals surface area contributed by atoms with Crippen LogP contribution in [-0.2, 0) is 49.3 Å². The molecule has 14 nitrogen and oxygen atoms in total. The molecule has 0 aliphatic carbocycles. The molecule has 1 N–H and O–H groups in total. The van der Waals surface area contributed by atoms with Crippen LogP contribution >= 0.6 is 0 Å². The number of hydrogen-bond acceptors (Lipinski definition) is 13. The Bertz CT molecular complexity index is 1350. The summed E-state index contributed by atoms with van der Waals surface area (Å²) in [4.78, 5) is 68.7. The molecule has 250 valence electrons. The van der Waals surface area contributed by atoms with E-state index >= 15 is 0 Å². The standard InChI is InChI=1S/C32H40N2O12/c1-6-14-41-17-25(35)43-18-44-28-24(40-5)12-13-33-26(28)29(36)34-23-16-42-31(38)22(15-21-10-8-7-9-11-21)27(20(4)45-32(23)39)46-30(37)19(2)3/h7-13,19-20,22-23,27H,6,14-18H2,1-5H3,(H,34,36)/t20-,22+,23-,27-/m0/s1. The monoisotopic (exact) mass is 644 g/mol. The topological polar surface area (TPSA) is 175 Å². The Hall–Kier alpha value is -4.72. The Morgan fingerprint density at radius 1 is 1.09 bits per heavy atom. The Morgan fingerprint density at radius 3 is 2.50 bits per heavy atom. The van der Waals surface area contributed by atoms with Crippen LogP contribution in [0.3, 0.4) is 0 Å². The van der Waals surface area contributed by atoms with Crippen LogP contribution in [0.25, 0.3) is 0 Å². The van der Waals surface area contributed by atoms with Crippen LogP contribution in [0.2, 0.25) is 0 Å². The molecular formula is C32H40N2O12. The summed E-state index contributed by atoms with van der Waals surface area (Å²) in [5, 5.41) is 2.46. The SMILES string of the molecule is CCCOCC(=O)OCOc1c(OC)ccnc1C(=O)N[C@H]1COC(=O)[C@H](Cc2ccccc2)[C@@H](OC(=O)C(C)C)[C@H](C)OC1=O. The summed E-state index contributed by atoms with van der Waals surface area (Å²) in [6.45, 7) is 5.60. The highest BCUT2D eigenvalue weighted by atomic mass is 16.7. The van der Waals surface area contributed by atoms with Gasteiger partial charge in [0.25, 0.3) is 5.91 Å². The smallest absolute Gasteiger partial charge is 0.334 e. The minimum absolute atomic E-state index is 0.0917. The van der Waals surface area contributed by atoms with Gasteiger partial charge in [-0.3, -0.25) is 14.4 Å². The maximum absolute atomic E-state index is 13.4. The predicted molar refractivity (Wildman–Crippen MR) is 160 cm³/mol. The van der Waals surface area contributed by atoms with Gasteiger partial charge in [0, 0.05) is 18.9 Å². The van der Waals surface area contributed by atoms with Crippen molar-refractivity contribution < 1.29 is 57.1 Å². The number of benzene rings is 1. The molecule has 1 aliphatic heterocycles. The van der Waals surface area contributed by atoms with Crippen molar-refractivity contribution in [1.82, 2.24) is 10.3 Å². The lowest BCUT2D eigenvalue weighted by molar-refractivity contribution is -0.176. The van der Waals surface area contributed by atoms with E-state index in [2.05, 4.69) is 10.3 Å². The highest BCUT2D eigenvalue weighted by molar-refractivity contribution is 5.98. The van der Waals surface area contributed by atoms with Gasteiger partial charge in [-0.25, -0.2) is 14.6 Å². The molecule has 4 atom stereocenters. The molecule has 46 heavy (non-hydrogen) atoms. The van der Waals surface area contributed by atoms with Crippen molar-refractivity contribution in [2.75, 3.05) is 33.7 Å². The van der Waals surface area contributed by atoms with Crippen LogP contribution in [-0.4, -0.2) is 86.7 Å². The molecule has 0 saturated carbocycles. The number of amides is 1. The average molecular weight is 645 g/mol. The lowest BCUT2D eigenvalue weighted by Crippen LogP contribution is -2.47. The lowest BCUT2D eigenvalue weighted by atomic mass is 9.91.